The highest BCUT2D eigenvalue weighted by Crippen LogP contribution is 2.17. The smallest absolute Gasteiger partial charge is 0.172 e. The van der Waals surface area contributed by atoms with Crippen LogP contribution < -0.4 is 0 Å². The summed E-state index contributed by atoms with van der Waals surface area (Å²) in [6.07, 6.45) is -4.00. The van der Waals surface area contributed by atoms with E-state index in [1.165, 1.54) is 11.1 Å². The summed E-state index contributed by atoms with van der Waals surface area (Å²) in [6.45, 7) is 6.80. The second-order valence-electron chi connectivity index (χ2n) is 3.79. The van der Waals surface area contributed by atoms with Gasteiger partial charge in [0.1, 0.15) is 0 Å². The monoisotopic (exact) mass is 218 g/mol. The highest BCUT2D eigenvalue weighted by Gasteiger charge is 2.15. The molecule has 15 heavy (non-hydrogen) atoms. The molecule has 0 aliphatic carbocycles. The zero-order chi connectivity index (χ0) is 12.1. The fourth-order valence-corrected chi connectivity index (χ4v) is 1.23. The highest BCUT2D eigenvalue weighted by molar-refractivity contribution is 5.27. The van der Waals surface area contributed by atoms with E-state index in [0.717, 1.165) is 0 Å². The van der Waals surface area contributed by atoms with Crippen molar-refractivity contribution in [3.8, 4) is 0 Å². The summed E-state index contributed by atoms with van der Waals surface area (Å²) in [4.78, 5) is 0. The molecule has 0 aromatic heterocycles. The first kappa shape index (κ1) is 14.0. The summed E-state index contributed by atoms with van der Waals surface area (Å²) in [6, 6.07) is 8.54. The maximum Gasteiger partial charge on any atom is 0.386 e. The van der Waals surface area contributed by atoms with E-state index in [4.69, 9.17) is 0 Å². The number of benzene rings is 1. The van der Waals surface area contributed by atoms with E-state index in [0.29, 0.717) is 5.92 Å². The number of rotatable bonds is 1. The lowest BCUT2D eigenvalue weighted by Crippen LogP contribution is -1.95. The molecular weight excluding hydrogens is 201 g/mol. The molecule has 1 aromatic rings. The summed E-state index contributed by atoms with van der Waals surface area (Å²) in [5, 5.41) is 0. The van der Waals surface area contributed by atoms with E-state index in [1.807, 2.05) is 0 Å². The molecule has 0 heterocycles. The van der Waals surface area contributed by atoms with Crippen molar-refractivity contribution >= 4 is 0 Å². The van der Waals surface area contributed by atoms with Crippen molar-refractivity contribution in [1.29, 1.82) is 0 Å². The van der Waals surface area contributed by atoms with Crippen LogP contribution in [0.3, 0.4) is 0 Å². The maximum atomic E-state index is 10.4. The van der Waals surface area contributed by atoms with Crippen molar-refractivity contribution in [2.75, 3.05) is 0 Å². The normalized spacial score (nSPS) is 10.9. The molecule has 0 radical (unpaired) electrons. The van der Waals surface area contributed by atoms with Gasteiger partial charge in [-0.15, -0.1) is 0 Å². The van der Waals surface area contributed by atoms with E-state index in [-0.39, 0.29) is 6.92 Å². The Kier molecular flexibility index (Phi) is 5.40. The topological polar surface area (TPSA) is 0 Å². The summed E-state index contributed by atoms with van der Waals surface area (Å²) in [7, 11) is 0. The van der Waals surface area contributed by atoms with Crippen molar-refractivity contribution in [2.45, 2.75) is 39.8 Å². The summed E-state index contributed by atoms with van der Waals surface area (Å²) >= 11 is 0. The minimum Gasteiger partial charge on any atom is -0.172 e. The summed E-state index contributed by atoms with van der Waals surface area (Å²) in [5.41, 5.74) is 2.86. The van der Waals surface area contributed by atoms with Gasteiger partial charge < -0.3 is 0 Å². The molecule has 0 saturated carbocycles. The van der Waals surface area contributed by atoms with Crippen LogP contribution in [0.4, 0.5) is 13.2 Å². The summed E-state index contributed by atoms with van der Waals surface area (Å²) in [5.74, 6) is 0.654. The van der Waals surface area contributed by atoms with Crippen LogP contribution in [0.15, 0.2) is 24.3 Å². The van der Waals surface area contributed by atoms with Crippen LogP contribution >= 0.6 is 0 Å². The average Bonchev–Trinajstić information content (AvgIpc) is 2.01. The Morgan fingerprint density at radius 3 is 1.73 bits per heavy atom. The van der Waals surface area contributed by atoms with Gasteiger partial charge in [-0.1, -0.05) is 38.1 Å². The molecule has 0 unspecified atom stereocenters. The van der Waals surface area contributed by atoms with Gasteiger partial charge in [-0.05, 0) is 24.0 Å². The van der Waals surface area contributed by atoms with Crippen LogP contribution in [0.5, 0.6) is 0 Å². The molecule has 0 fully saturated rings. The van der Waals surface area contributed by atoms with E-state index in [2.05, 4.69) is 45.0 Å². The molecule has 0 nitrogen and oxygen atoms in total. The Hall–Kier alpha value is -0.990. The van der Waals surface area contributed by atoms with E-state index < -0.39 is 6.18 Å². The Bertz CT molecular complexity index is 281. The standard InChI is InChI=1S/C10H14.C2H3F3/c1-8(2)10-7-5-4-6-9(10)3;1-2(3,4)5/h4-8H,1-3H3;1H3. The maximum absolute atomic E-state index is 10.4. The van der Waals surface area contributed by atoms with Gasteiger partial charge in [0.15, 0.2) is 0 Å². The molecule has 1 rings (SSSR count). The third-order valence-corrected chi connectivity index (χ3v) is 1.81. The number of hydrogen-bond donors (Lipinski definition) is 0. The van der Waals surface area contributed by atoms with Crippen molar-refractivity contribution in [1.82, 2.24) is 0 Å². The van der Waals surface area contributed by atoms with Crippen LogP contribution in [0.2, 0.25) is 0 Å². The SMILES string of the molecule is CC(F)(F)F.Cc1ccccc1C(C)C. The van der Waals surface area contributed by atoms with Gasteiger partial charge >= 0.3 is 6.18 Å². The minimum atomic E-state index is -4.00. The number of halogens is 3. The van der Waals surface area contributed by atoms with Gasteiger partial charge in [0.25, 0.3) is 0 Å². The molecule has 0 amide bonds. The fraction of sp³-hybridized carbons (Fsp3) is 0.500. The van der Waals surface area contributed by atoms with Gasteiger partial charge in [0.2, 0.25) is 0 Å². The zero-order valence-electron chi connectivity index (χ0n) is 9.52. The largest absolute Gasteiger partial charge is 0.386 e. The molecule has 0 atom stereocenters. The quantitative estimate of drug-likeness (QED) is 0.641. The first-order valence-corrected chi connectivity index (χ1v) is 4.84. The van der Waals surface area contributed by atoms with E-state index in [1.54, 1.807) is 0 Å². The molecule has 0 aliphatic rings. The lowest BCUT2D eigenvalue weighted by molar-refractivity contribution is -0.110. The van der Waals surface area contributed by atoms with Crippen LogP contribution in [0.25, 0.3) is 0 Å². The predicted octanol–water partition coefficient (Wildman–Crippen LogP) is 4.69. The Labute approximate surface area is 89.1 Å². The second-order valence-corrected chi connectivity index (χ2v) is 3.79. The molecular formula is C12H17F3. The van der Waals surface area contributed by atoms with Crippen LogP contribution in [-0.4, -0.2) is 6.18 Å². The first-order valence-electron chi connectivity index (χ1n) is 4.84. The van der Waals surface area contributed by atoms with Crippen LogP contribution in [-0.2, 0) is 0 Å². The lowest BCUT2D eigenvalue weighted by atomic mass is 9.99. The van der Waals surface area contributed by atoms with Crippen molar-refractivity contribution in [2.24, 2.45) is 0 Å². The molecule has 1 aromatic carbocycles. The first-order chi connectivity index (χ1) is 6.72. The van der Waals surface area contributed by atoms with Gasteiger partial charge in [0.05, 0.1) is 0 Å². The van der Waals surface area contributed by atoms with Crippen LogP contribution in [0, 0.1) is 6.92 Å². The fourth-order valence-electron chi connectivity index (χ4n) is 1.23. The number of aryl methyl sites for hydroxylation is 1. The predicted molar refractivity (Wildman–Crippen MR) is 57.0 cm³/mol. The number of hydrogen-bond acceptors (Lipinski definition) is 0. The molecule has 86 valence electrons. The zero-order valence-corrected chi connectivity index (χ0v) is 9.52. The molecule has 0 bridgehead atoms. The Morgan fingerprint density at radius 2 is 1.47 bits per heavy atom. The van der Waals surface area contributed by atoms with Crippen molar-refractivity contribution < 1.29 is 13.2 Å². The molecule has 0 aliphatic heterocycles. The third kappa shape index (κ3) is 8.03. The van der Waals surface area contributed by atoms with Gasteiger partial charge in [-0.3, -0.25) is 0 Å². The number of alkyl halides is 3. The van der Waals surface area contributed by atoms with E-state index in [9.17, 15) is 13.2 Å². The van der Waals surface area contributed by atoms with Gasteiger partial charge in [0, 0.05) is 6.92 Å². The minimum absolute atomic E-state index is 0.188. The summed E-state index contributed by atoms with van der Waals surface area (Å²) < 4.78 is 31.1. The average molecular weight is 218 g/mol. The van der Waals surface area contributed by atoms with Crippen LogP contribution in [0.1, 0.15) is 37.8 Å². The molecule has 3 heteroatoms. The van der Waals surface area contributed by atoms with E-state index >= 15 is 0 Å². The van der Waals surface area contributed by atoms with Crippen molar-refractivity contribution in [3.63, 3.8) is 0 Å². The second kappa shape index (κ2) is 5.79. The highest BCUT2D eigenvalue weighted by atomic mass is 19.4. The van der Waals surface area contributed by atoms with Gasteiger partial charge in [-0.25, -0.2) is 0 Å². The van der Waals surface area contributed by atoms with Crippen molar-refractivity contribution in [3.05, 3.63) is 35.4 Å². The Morgan fingerprint density at radius 1 is 1.07 bits per heavy atom. The molecule has 0 spiro atoms. The molecule has 0 N–H and O–H groups in total. The third-order valence-electron chi connectivity index (χ3n) is 1.81. The van der Waals surface area contributed by atoms with Gasteiger partial charge in [-0.2, -0.15) is 13.2 Å². The molecule has 0 saturated heterocycles. The lowest BCUT2D eigenvalue weighted by Gasteiger charge is -2.07. The Balaban J connectivity index is 0.000000336.